The Kier molecular flexibility index (Phi) is 6.23. The fourth-order valence-corrected chi connectivity index (χ4v) is 2.39. The van der Waals surface area contributed by atoms with Gasteiger partial charge in [0.25, 0.3) is 0 Å². The largest absolute Gasteiger partial charge is 0.395 e. The lowest BCUT2D eigenvalue weighted by Gasteiger charge is -2.22. The van der Waals surface area contributed by atoms with Gasteiger partial charge in [0.1, 0.15) is 0 Å². The second-order valence-corrected chi connectivity index (χ2v) is 4.38. The molecular formula is C10H18N4OS. The molecule has 1 rings (SSSR count). The minimum absolute atomic E-state index is 0.210. The van der Waals surface area contributed by atoms with Gasteiger partial charge < -0.3 is 10.0 Å². The molecule has 0 aromatic rings. The van der Waals surface area contributed by atoms with Gasteiger partial charge in [-0.3, -0.25) is 4.90 Å². The second kappa shape index (κ2) is 7.49. The van der Waals surface area contributed by atoms with Crippen LogP contribution in [-0.4, -0.2) is 65.7 Å². The first kappa shape index (κ1) is 13.3. The van der Waals surface area contributed by atoms with Gasteiger partial charge in [0.15, 0.2) is 5.17 Å². The van der Waals surface area contributed by atoms with E-state index in [1.807, 2.05) is 12.4 Å². The molecule has 1 aliphatic heterocycles. The molecule has 0 unspecified atom stereocenters. The number of hydrogen-bond acceptors (Lipinski definition) is 5. The summed E-state index contributed by atoms with van der Waals surface area (Å²) in [5, 5.41) is 18.3. The summed E-state index contributed by atoms with van der Waals surface area (Å²) in [4.78, 5) is 8.21. The number of aliphatic hydroxyl groups is 1. The fourth-order valence-electron chi connectivity index (χ4n) is 1.82. The van der Waals surface area contributed by atoms with Gasteiger partial charge in [0.05, 0.1) is 6.61 Å². The van der Waals surface area contributed by atoms with E-state index in [0.717, 1.165) is 44.3 Å². The molecule has 90 valence electrons. The van der Waals surface area contributed by atoms with Crippen molar-refractivity contribution < 1.29 is 5.11 Å². The predicted octanol–water partition coefficient (Wildman–Crippen LogP) is 0.186. The Labute approximate surface area is 101 Å². The minimum Gasteiger partial charge on any atom is -0.395 e. The van der Waals surface area contributed by atoms with Crippen LogP contribution in [0.15, 0.2) is 4.99 Å². The van der Waals surface area contributed by atoms with E-state index in [0.29, 0.717) is 0 Å². The van der Waals surface area contributed by atoms with E-state index in [-0.39, 0.29) is 6.61 Å². The molecule has 1 N–H and O–H groups in total. The highest BCUT2D eigenvalue weighted by Crippen LogP contribution is 2.10. The van der Waals surface area contributed by atoms with Gasteiger partial charge in [0.2, 0.25) is 6.19 Å². The number of hydrogen-bond donors (Lipinski definition) is 1. The SMILES string of the molecule is CSC(=NC#N)N1CCCN(CCO)CC1. The molecule has 0 aliphatic carbocycles. The van der Waals surface area contributed by atoms with Crippen molar-refractivity contribution in [1.82, 2.24) is 9.80 Å². The third kappa shape index (κ3) is 4.00. The van der Waals surface area contributed by atoms with Crippen molar-refractivity contribution >= 4 is 16.9 Å². The lowest BCUT2D eigenvalue weighted by Crippen LogP contribution is -2.34. The zero-order chi connectivity index (χ0) is 11.8. The topological polar surface area (TPSA) is 62.9 Å². The van der Waals surface area contributed by atoms with E-state index in [2.05, 4.69) is 14.8 Å². The highest BCUT2D eigenvalue weighted by atomic mass is 32.2. The Hall–Kier alpha value is -0.770. The lowest BCUT2D eigenvalue weighted by atomic mass is 10.4. The highest BCUT2D eigenvalue weighted by molar-refractivity contribution is 8.13. The Morgan fingerprint density at radius 1 is 1.44 bits per heavy atom. The van der Waals surface area contributed by atoms with Crippen molar-refractivity contribution in [2.45, 2.75) is 6.42 Å². The van der Waals surface area contributed by atoms with Gasteiger partial charge in [-0.2, -0.15) is 5.26 Å². The molecule has 0 bridgehead atoms. The first-order chi connectivity index (χ1) is 7.81. The number of nitriles is 1. The average molecular weight is 242 g/mol. The Balaban J connectivity index is 2.52. The van der Waals surface area contributed by atoms with Gasteiger partial charge in [0, 0.05) is 26.2 Å². The summed E-state index contributed by atoms with van der Waals surface area (Å²) in [6, 6.07) is 0. The summed E-state index contributed by atoms with van der Waals surface area (Å²) >= 11 is 1.51. The van der Waals surface area contributed by atoms with Crippen LogP contribution >= 0.6 is 11.8 Å². The number of nitrogens with zero attached hydrogens (tertiary/aromatic N) is 4. The summed E-state index contributed by atoms with van der Waals surface area (Å²) in [6.07, 6.45) is 4.83. The first-order valence-electron chi connectivity index (χ1n) is 5.40. The standard InChI is InChI=1S/C10H18N4OS/c1-16-10(12-9-11)14-4-2-3-13(5-6-14)7-8-15/h15H,2-8H2,1H3. The summed E-state index contributed by atoms with van der Waals surface area (Å²) in [7, 11) is 0. The van der Waals surface area contributed by atoms with Crippen molar-refractivity contribution in [2.75, 3.05) is 45.6 Å². The Morgan fingerprint density at radius 2 is 2.25 bits per heavy atom. The van der Waals surface area contributed by atoms with Crippen LogP contribution in [0.5, 0.6) is 0 Å². The Morgan fingerprint density at radius 3 is 2.88 bits per heavy atom. The van der Waals surface area contributed by atoms with Crippen LogP contribution in [0, 0.1) is 11.5 Å². The van der Waals surface area contributed by atoms with E-state index in [4.69, 9.17) is 10.4 Å². The molecule has 1 aliphatic rings. The number of β-amino-alcohol motifs (C(OH)–C–C–N with tert-alkyl or cyclic N) is 1. The van der Waals surface area contributed by atoms with E-state index in [1.54, 1.807) is 0 Å². The molecule has 6 heteroatoms. The summed E-state index contributed by atoms with van der Waals surface area (Å²) in [6.45, 7) is 4.68. The average Bonchev–Trinajstić information content (AvgIpc) is 2.52. The molecule has 1 heterocycles. The maximum absolute atomic E-state index is 8.89. The molecule has 0 aromatic carbocycles. The number of amidine groups is 1. The van der Waals surface area contributed by atoms with Crippen molar-refractivity contribution in [3.05, 3.63) is 0 Å². The maximum atomic E-state index is 8.89. The lowest BCUT2D eigenvalue weighted by molar-refractivity contribution is 0.202. The second-order valence-electron chi connectivity index (χ2n) is 3.60. The van der Waals surface area contributed by atoms with Gasteiger partial charge in [-0.15, -0.1) is 4.99 Å². The predicted molar refractivity (Wildman–Crippen MR) is 66.3 cm³/mol. The molecule has 1 saturated heterocycles. The molecule has 0 aromatic heterocycles. The smallest absolute Gasteiger partial charge is 0.208 e. The zero-order valence-corrected chi connectivity index (χ0v) is 10.4. The first-order valence-corrected chi connectivity index (χ1v) is 6.63. The van der Waals surface area contributed by atoms with Gasteiger partial charge >= 0.3 is 0 Å². The van der Waals surface area contributed by atoms with Crippen LogP contribution in [0.1, 0.15) is 6.42 Å². The van der Waals surface area contributed by atoms with E-state index in [9.17, 15) is 0 Å². The van der Waals surface area contributed by atoms with Crippen molar-refractivity contribution in [3.63, 3.8) is 0 Å². The summed E-state index contributed by atoms with van der Waals surface area (Å²) in [5.74, 6) is 0. The fraction of sp³-hybridized carbons (Fsp3) is 0.800. The van der Waals surface area contributed by atoms with Crippen LogP contribution in [-0.2, 0) is 0 Å². The molecule has 5 nitrogen and oxygen atoms in total. The van der Waals surface area contributed by atoms with Crippen molar-refractivity contribution in [1.29, 1.82) is 5.26 Å². The zero-order valence-electron chi connectivity index (χ0n) is 9.59. The third-order valence-corrected chi connectivity index (χ3v) is 3.32. The van der Waals surface area contributed by atoms with Crippen LogP contribution in [0.3, 0.4) is 0 Å². The molecule has 0 saturated carbocycles. The normalized spacial score (nSPS) is 19.3. The molecule has 0 radical (unpaired) electrons. The number of thioether (sulfide) groups is 1. The van der Waals surface area contributed by atoms with Crippen LogP contribution in [0.2, 0.25) is 0 Å². The van der Waals surface area contributed by atoms with E-state index >= 15 is 0 Å². The van der Waals surface area contributed by atoms with Gasteiger partial charge in [-0.1, -0.05) is 11.8 Å². The number of aliphatic hydroxyl groups excluding tert-OH is 1. The molecule has 16 heavy (non-hydrogen) atoms. The molecule has 1 fully saturated rings. The molecular weight excluding hydrogens is 224 g/mol. The maximum Gasteiger partial charge on any atom is 0.208 e. The van der Waals surface area contributed by atoms with Gasteiger partial charge in [-0.25, -0.2) is 0 Å². The molecule has 0 atom stereocenters. The highest BCUT2D eigenvalue weighted by Gasteiger charge is 2.16. The number of aliphatic imine (C=N–C) groups is 1. The molecule has 0 amide bonds. The quantitative estimate of drug-likeness (QED) is 0.425. The Bertz CT molecular complexity index is 276. The molecule has 0 spiro atoms. The van der Waals surface area contributed by atoms with E-state index < -0.39 is 0 Å². The summed E-state index contributed by atoms with van der Waals surface area (Å²) < 4.78 is 0. The van der Waals surface area contributed by atoms with Crippen molar-refractivity contribution in [3.8, 4) is 6.19 Å². The van der Waals surface area contributed by atoms with Crippen LogP contribution in [0.4, 0.5) is 0 Å². The monoisotopic (exact) mass is 242 g/mol. The van der Waals surface area contributed by atoms with E-state index in [1.165, 1.54) is 11.8 Å². The number of rotatable bonds is 2. The minimum atomic E-state index is 0.210. The van der Waals surface area contributed by atoms with Crippen molar-refractivity contribution in [2.24, 2.45) is 4.99 Å². The van der Waals surface area contributed by atoms with Crippen LogP contribution in [0.25, 0.3) is 0 Å². The van der Waals surface area contributed by atoms with Gasteiger partial charge in [-0.05, 0) is 19.2 Å². The third-order valence-electron chi connectivity index (χ3n) is 2.60. The van der Waals surface area contributed by atoms with Crippen LogP contribution < -0.4 is 0 Å². The summed E-state index contributed by atoms with van der Waals surface area (Å²) in [5.41, 5.74) is 0.